The van der Waals surface area contributed by atoms with Crippen LogP contribution in [0.5, 0.6) is 0 Å². The van der Waals surface area contributed by atoms with Gasteiger partial charge in [0.2, 0.25) is 0 Å². The number of nitrogens with zero attached hydrogens (tertiary/aromatic N) is 4. The SMILES string of the molecule is CCCCc1cn([C@@H]2C[C@@H]3CN(CC4CCC4)C[C@@H]3C[C@H]2OCC2CC2)nn1. The van der Waals surface area contributed by atoms with E-state index in [0.717, 1.165) is 42.4 Å². The van der Waals surface area contributed by atoms with Crippen molar-refractivity contribution in [3.05, 3.63) is 11.9 Å². The van der Waals surface area contributed by atoms with Crippen molar-refractivity contribution in [1.82, 2.24) is 19.9 Å². The summed E-state index contributed by atoms with van der Waals surface area (Å²) in [6.45, 7) is 7.14. The molecule has 1 aromatic rings. The van der Waals surface area contributed by atoms with Crippen LogP contribution in [0, 0.1) is 23.7 Å². The first-order valence-corrected chi connectivity index (χ1v) is 12.0. The van der Waals surface area contributed by atoms with Crippen LogP contribution in [0.1, 0.15) is 76.4 Å². The molecular formula is C23H38N4O. The molecule has 0 N–H and O–H groups in total. The largest absolute Gasteiger partial charge is 0.376 e. The van der Waals surface area contributed by atoms with Gasteiger partial charge in [0.1, 0.15) is 0 Å². The van der Waals surface area contributed by atoms with E-state index in [0.29, 0.717) is 12.1 Å². The van der Waals surface area contributed by atoms with Gasteiger partial charge in [0, 0.05) is 32.4 Å². The lowest BCUT2D eigenvalue weighted by molar-refractivity contribution is -0.0375. The first kappa shape index (κ1) is 19.0. The first-order valence-electron chi connectivity index (χ1n) is 12.0. The fourth-order valence-electron chi connectivity index (χ4n) is 5.63. The maximum absolute atomic E-state index is 6.51. The molecule has 0 spiro atoms. The fraction of sp³-hybridized carbons (Fsp3) is 0.913. The Kier molecular flexibility index (Phi) is 5.74. The van der Waals surface area contributed by atoms with Crippen LogP contribution in [0.25, 0.3) is 0 Å². The molecule has 0 amide bonds. The van der Waals surface area contributed by atoms with E-state index >= 15 is 0 Å². The molecule has 4 atom stereocenters. The molecule has 5 rings (SSSR count). The van der Waals surface area contributed by atoms with Gasteiger partial charge >= 0.3 is 0 Å². The van der Waals surface area contributed by atoms with Gasteiger partial charge in [-0.3, -0.25) is 0 Å². The zero-order chi connectivity index (χ0) is 18.9. The Hall–Kier alpha value is -0.940. The third kappa shape index (κ3) is 4.30. The summed E-state index contributed by atoms with van der Waals surface area (Å²) in [5.74, 6) is 3.44. The van der Waals surface area contributed by atoms with E-state index in [2.05, 4.69) is 33.0 Å². The zero-order valence-electron chi connectivity index (χ0n) is 17.6. The smallest absolute Gasteiger partial charge is 0.0827 e. The molecule has 3 saturated carbocycles. The Bertz CT molecular complexity index is 638. The molecule has 0 aromatic carbocycles. The summed E-state index contributed by atoms with van der Waals surface area (Å²) in [5, 5.41) is 9.04. The van der Waals surface area contributed by atoms with Crippen molar-refractivity contribution < 1.29 is 4.74 Å². The predicted molar refractivity (Wildman–Crippen MR) is 110 cm³/mol. The van der Waals surface area contributed by atoms with Gasteiger partial charge in [-0.05, 0) is 75.0 Å². The summed E-state index contributed by atoms with van der Waals surface area (Å²) < 4.78 is 8.69. The summed E-state index contributed by atoms with van der Waals surface area (Å²) in [6.07, 6.45) is 15.5. The van der Waals surface area contributed by atoms with Crippen molar-refractivity contribution in [2.45, 2.75) is 83.3 Å². The van der Waals surface area contributed by atoms with Crippen LogP contribution in [-0.4, -0.2) is 52.2 Å². The van der Waals surface area contributed by atoms with E-state index in [9.17, 15) is 0 Å². The third-order valence-corrected chi connectivity index (χ3v) is 7.83. The molecule has 0 unspecified atom stereocenters. The van der Waals surface area contributed by atoms with Gasteiger partial charge in [0.05, 0.1) is 17.8 Å². The van der Waals surface area contributed by atoms with Crippen molar-refractivity contribution >= 4 is 0 Å². The number of rotatable bonds is 9. The average Bonchev–Trinajstić information content (AvgIpc) is 3.23. The Balaban J connectivity index is 1.25. The monoisotopic (exact) mass is 386 g/mol. The normalized spacial score (nSPS) is 33.8. The highest BCUT2D eigenvalue weighted by molar-refractivity contribution is 5.00. The Morgan fingerprint density at radius 1 is 1.07 bits per heavy atom. The minimum absolute atomic E-state index is 0.325. The lowest BCUT2D eigenvalue weighted by atomic mass is 9.77. The highest BCUT2D eigenvalue weighted by atomic mass is 16.5. The molecule has 28 heavy (non-hydrogen) atoms. The number of unbranched alkanes of at least 4 members (excludes halogenated alkanes) is 1. The second kappa shape index (κ2) is 8.43. The van der Waals surface area contributed by atoms with Gasteiger partial charge in [-0.1, -0.05) is 25.0 Å². The van der Waals surface area contributed by atoms with E-state index in [-0.39, 0.29) is 0 Å². The Labute approximate surface area is 170 Å². The van der Waals surface area contributed by atoms with Crippen LogP contribution in [0.3, 0.4) is 0 Å². The first-order chi connectivity index (χ1) is 13.8. The van der Waals surface area contributed by atoms with Gasteiger partial charge in [-0.15, -0.1) is 5.10 Å². The van der Waals surface area contributed by atoms with Crippen LogP contribution < -0.4 is 0 Å². The van der Waals surface area contributed by atoms with Gasteiger partial charge in [0.15, 0.2) is 0 Å². The molecular weight excluding hydrogens is 348 g/mol. The summed E-state index contributed by atoms with van der Waals surface area (Å²) in [5.41, 5.74) is 1.16. The third-order valence-electron chi connectivity index (χ3n) is 7.83. The van der Waals surface area contributed by atoms with Gasteiger partial charge in [-0.25, -0.2) is 4.68 Å². The molecule has 0 bridgehead atoms. The molecule has 4 fully saturated rings. The lowest BCUT2D eigenvalue weighted by Crippen LogP contribution is -2.38. The van der Waals surface area contributed by atoms with Gasteiger partial charge in [0.25, 0.3) is 0 Å². The summed E-state index contributed by atoms with van der Waals surface area (Å²) in [7, 11) is 0. The second-order valence-corrected chi connectivity index (χ2v) is 10.2. The van der Waals surface area contributed by atoms with E-state index in [1.165, 1.54) is 77.4 Å². The van der Waals surface area contributed by atoms with Crippen LogP contribution in [0.15, 0.2) is 6.20 Å². The van der Waals surface area contributed by atoms with Crippen LogP contribution in [-0.2, 0) is 11.2 Å². The summed E-state index contributed by atoms with van der Waals surface area (Å²) >= 11 is 0. The number of ether oxygens (including phenoxy) is 1. The van der Waals surface area contributed by atoms with Crippen molar-refractivity contribution in [1.29, 1.82) is 0 Å². The van der Waals surface area contributed by atoms with E-state index < -0.39 is 0 Å². The fourth-order valence-corrected chi connectivity index (χ4v) is 5.63. The standard InChI is InChI=1S/C23H38N4O/c1-2-3-7-21-15-27(25-24-21)22-10-19-13-26(12-17-5-4-6-17)14-20(19)11-23(22)28-16-18-8-9-18/h15,17-20,22-23H,2-14,16H2,1H3/t19-,20+,22-,23-/m1/s1. The number of hydrogen-bond donors (Lipinski definition) is 0. The predicted octanol–water partition coefficient (Wildman–Crippen LogP) is 4.10. The molecule has 2 heterocycles. The Morgan fingerprint density at radius 2 is 1.89 bits per heavy atom. The van der Waals surface area contributed by atoms with E-state index in [1.54, 1.807) is 0 Å². The van der Waals surface area contributed by atoms with E-state index in [1.807, 2.05) is 0 Å². The molecule has 0 radical (unpaired) electrons. The van der Waals surface area contributed by atoms with Crippen LogP contribution in [0.4, 0.5) is 0 Å². The highest BCUT2D eigenvalue weighted by Crippen LogP contribution is 2.44. The second-order valence-electron chi connectivity index (χ2n) is 10.2. The van der Waals surface area contributed by atoms with Crippen molar-refractivity contribution in [2.24, 2.45) is 23.7 Å². The minimum atomic E-state index is 0.325. The molecule has 4 aliphatic rings. The number of hydrogen-bond acceptors (Lipinski definition) is 4. The number of aryl methyl sites for hydroxylation is 1. The number of likely N-dealkylation sites (tertiary alicyclic amines) is 1. The van der Waals surface area contributed by atoms with Crippen molar-refractivity contribution in [2.75, 3.05) is 26.2 Å². The molecule has 1 aromatic heterocycles. The number of aromatic nitrogens is 3. The molecule has 5 nitrogen and oxygen atoms in total. The lowest BCUT2D eigenvalue weighted by Gasteiger charge is -2.37. The molecule has 1 aliphatic heterocycles. The van der Waals surface area contributed by atoms with Crippen molar-refractivity contribution in [3.63, 3.8) is 0 Å². The minimum Gasteiger partial charge on any atom is -0.376 e. The van der Waals surface area contributed by atoms with Gasteiger partial charge < -0.3 is 9.64 Å². The van der Waals surface area contributed by atoms with Crippen LogP contribution in [0.2, 0.25) is 0 Å². The summed E-state index contributed by atoms with van der Waals surface area (Å²) in [6, 6.07) is 0.381. The average molecular weight is 387 g/mol. The van der Waals surface area contributed by atoms with Crippen molar-refractivity contribution in [3.8, 4) is 0 Å². The maximum atomic E-state index is 6.51. The molecule has 1 saturated heterocycles. The van der Waals surface area contributed by atoms with Gasteiger partial charge in [-0.2, -0.15) is 0 Å². The molecule has 5 heteroatoms. The zero-order valence-corrected chi connectivity index (χ0v) is 17.6. The molecule has 3 aliphatic carbocycles. The Morgan fingerprint density at radius 3 is 2.61 bits per heavy atom. The topological polar surface area (TPSA) is 43.2 Å². The molecule has 156 valence electrons. The summed E-state index contributed by atoms with van der Waals surface area (Å²) in [4.78, 5) is 2.77. The number of fused-ring (bicyclic) bond motifs is 1. The maximum Gasteiger partial charge on any atom is 0.0827 e. The quantitative estimate of drug-likeness (QED) is 0.641. The van der Waals surface area contributed by atoms with E-state index in [4.69, 9.17) is 4.74 Å². The van der Waals surface area contributed by atoms with Crippen LogP contribution >= 0.6 is 0 Å². The highest BCUT2D eigenvalue weighted by Gasteiger charge is 2.44.